The Hall–Kier alpha value is -1.39. The predicted molar refractivity (Wildman–Crippen MR) is 36.2 cm³/mol. The van der Waals surface area contributed by atoms with Crippen molar-refractivity contribution in [2.45, 2.75) is 6.17 Å². The molecule has 13 heavy (non-hydrogen) atoms. The number of carbonyl (C=O) groups is 1. The predicted octanol–water partition coefficient (Wildman–Crippen LogP) is 2.31. The van der Waals surface area contributed by atoms with Crippen LogP contribution in [0.15, 0.2) is 12.1 Å². The van der Waals surface area contributed by atoms with Gasteiger partial charge in [-0.1, -0.05) is 0 Å². The number of benzene rings is 1. The van der Waals surface area contributed by atoms with Crippen molar-refractivity contribution >= 4 is 6.29 Å². The molecule has 1 nitrogen and oxygen atoms in total. The van der Waals surface area contributed by atoms with Gasteiger partial charge in [0.05, 0.1) is 0 Å². The maximum absolute atomic E-state index is 12.7. The molecule has 0 amide bonds. The van der Waals surface area contributed by atoms with Gasteiger partial charge < -0.3 is 0 Å². The molecule has 0 aliphatic rings. The maximum atomic E-state index is 12.7. The second-order valence-electron chi connectivity index (χ2n) is 2.30. The van der Waals surface area contributed by atoms with Crippen LogP contribution in [0.25, 0.3) is 0 Å². The third-order valence-corrected chi connectivity index (χ3v) is 1.48. The van der Waals surface area contributed by atoms with Crippen LogP contribution in [0.4, 0.5) is 17.6 Å². The zero-order valence-electron chi connectivity index (χ0n) is 6.23. The van der Waals surface area contributed by atoms with Crippen molar-refractivity contribution in [3.8, 4) is 0 Å². The highest BCUT2D eigenvalue weighted by molar-refractivity contribution is 5.59. The smallest absolute Gasteiger partial charge is 0.194 e. The minimum atomic E-state index is -2.27. The van der Waals surface area contributed by atoms with Crippen molar-refractivity contribution < 1.29 is 22.4 Å². The van der Waals surface area contributed by atoms with Crippen molar-refractivity contribution in [2.24, 2.45) is 0 Å². The Labute approximate surface area is 71.0 Å². The molecular weight excluding hydrogens is 188 g/mol. The molecule has 5 heteroatoms. The molecule has 1 atom stereocenters. The molecule has 1 unspecified atom stereocenters. The summed E-state index contributed by atoms with van der Waals surface area (Å²) in [6, 6.07) is 1.25. The number of halogens is 4. The van der Waals surface area contributed by atoms with E-state index in [-0.39, 0.29) is 6.29 Å². The minimum absolute atomic E-state index is 0.199. The van der Waals surface area contributed by atoms with Gasteiger partial charge in [0.15, 0.2) is 29.9 Å². The van der Waals surface area contributed by atoms with Gasteiger partial charge in [0.1, 0.15) is 0 Å². The largest absolute Gasteiger partial charge is 0.300 e. The van der Waals surface area contributed by atoms with Crippen LogP contribution in [0.3, 0.4) is 0 Å². The summed E-state index contributed by atoms with van der Waals surface area (Å²) >= 11 is 0. The fourth-order valence-corrected chi connectivity index (χ4v) is 0.827. The average molecular weight is 192 g/mol. The minimum Gasteiger partial charge on any atom is -0.300 e. The van der Waals surface area contributed by atoms with Crippen LogP contribution >= 0.6 is 0 Å². The number of aldehydes is 1. The standard InChI is InChI=1S/C8H4F4O/c9-5-2-1-4(6(10)3-13)7(11)8(5)12/h1-3,6H. The first kappa shape index (κ1) is 9.70. The van der Waals surface area contributed by atoms with Crippen molar-refractivity contribution in [3.05, 3.63) is 35.1 Å². The van der Waals surface area contributed by atoms with Gasteiger partial charge in [-0.2, -0.15) is 0 Å². The zero-order valence-corrected chi connectivity index (χ0v) is 6.23. The summed E-state index contributed by atoms with van der Waals surface area (Å²) in [5, 5.41) is 0. The Morgan fingerprint density at radius 3 is 2.31 bits per heavy atom. The molecule has 1 rings (SSSR count). The number of alkyl halides is 1. The van der Waals surface area contributed by atoms with E-state index in [2.05, 4.69) is 0 Å². The Morgan fingerprint density at radius 2 is 1.77 bits per heavy atom. The van der Waals surface area contributed by atoms with Gasteiger partial charge in [-0.05, 0) is 12.1 Å². The first-order chi connectivity index (χ1) is 6.07. The topological polar surface area (TPSA) is 17.1 Å². The van der Waals surface area contributed by atoms with Crippen molar-refractivity contribution in [3.63, 3.8) is 0 Å². The van der Waals surface area contributed by atoms with Crippen LogP contribution in [0.2, 0.25) is 0 Å². The van der Waals surface area contributed by atoms with Crippen molar-refractivity contribution in [1.29, 1.82) is 0 Å². The summed E-state index contributed by atoms with van der Waals surface area (Å²) in [5.74, 6) is -4.86. The molecule has 0 fully saturated rings. The van der Waals surface area contributed by atoms with Gasteiger partial charge in [0.25, 0.3) is 0 Å². The van der Waals surface area contributed by atoms with E-state index in [1.54, 1.807) is 0 Å². The Balaban J connectivity index is 3.25. The number of hydrogen-bond donors (Lipinski definition) is 0. The highest BCUT2D eigenvalue weighted by Crippen LogP contribution is 2.22. The second kappa shape index (κ2) is 3.55. The Kier molecular flexibility index (Phi) is 2.65. The maximum Gasteiger partial charge on any atom is 0.194 e. The molecule has 1 aromatic rings. The summed E-state index contributed by atoms with van der Waals surface area (Å²) < 4.78 is 50.0. The van der Waals surface area contributed by atoms with E-state index in [0.29, 0.717) is 12.1 Å². The highest BCUT2D eigenvalue weighted by atomic mass is 19.2. The molecule has 0 radical (unpaired) electrons. The van der Waals surface area contributed by atoms with Gasteiger partial charge in [-0.25, -0.2) is 17.6 Å². The van der Waals surface area contributed by atoms with Gasteiger partial charge in [-0.3, -0.25) is 4.79 Å². The Morgan fingerprint density at radius 1 is 1.15 bits per heavy atom. The lowest BCUT2D eigenvalue weighted by atomic mass is 10.1. The van der Waals surface area contributed by atoms with Crippen molar-refractivity contribution in [2.75, 3.05) is 0 Å². The lowest BCUT2D eigenvalue weighted by Gasteiger charge is -2.03. The summed E-state index contributed by atoms with van der Waals surface area (Å²) in [7, 11) is 0. The molecule has 1 aromatic carbocycles. The van der Waals surface area contributed by atoms with Gasteiger partial charge in [0.2, 0.25) is 0 Å². The molecular formula is C8H4F4O. The van der Waals surface area contributed by atoms with E-state index < -0.39 is 29.2 Å². The molecule has 0 aliphatic heterocycles. The third kappa shape index (κ3) is 1.68. The summed E-state index contributed by atoms with van der Waals surface area (Å²) in [6.07, 6.45) is -2.47. The Bertz CT molecular complexity index is 337. The molecule has 0 saturated carbocycles. The zero-order chi connectivity index (χ0) is 10.0. The number of hydrogen-bond acceptors (Lipinski definition) is 1. The van der Waals surface area contributed by atoms with Gasteiger partial charge in [-0.15, -0.1) is 0 Å². The molecule has 0 aromatic heterocycles. The van der Waals surface area contributed by atoms with Crippen LogP contribution in [-0.4, -0.2) is 6.29 Å². The molecule has 0 spiro atoms. The van der Waals surface area contributed by atoms with Gasteiger partial charge >= 0.3 is 0 Å². The van der Waals surface area contributed by atoms with Crippen LogP contribution < -0.4 is 0 Å². The SMILES string of the molecule is O=CC(F)c1ccc(F)c(F)c1F. The molecule has 0 saturated heterocycles. The molecule has 0 N–H and O–H groups in total. The third-order valence-electron chi connectivity index (χ3n) is 1.48. The summed E-state index contributed by atoms with van der Waals surface area (Å²) in [4.78, 5) is 9.90. The lowest BCUT2D eigenvalue weighted by Crippen LogP contribution is -2.01. The van der Waals surface area contributed by atoms with Gasteiger partial charge in [0, 0.05) is 5.56 Å². The number of rotatable bonds is 2. The second-order valence-corrected chi connectivity index (χ2v) is 2.30. The van der Waals surface area contributed by atoms with Crippen LogP contribution in [-0.2, 0) is 4.79 Å². The van der Waals surface area contributed by atoms with E-state index >= 15 is 0 Å². The van der Waals surface area contributed by atoms with Crippen LogP contribution in [0, 0.1) is 17.5 Å². The number of carbonyl (C=O) groups excluding carboxylic acids is 1. The van der Waals surface area contributed by atoms with E-state index in [4.69, 9.17) is 0 Å². The van der Waals surface area contributed by atoms with Crippen molar-refractivity contribution in [1.82, 2.24) is 0 Å². The lowest BCUT2D eigenvalue weighted by molar-refractivity contribution is -0.112. The monoisotopic (exact) mass is 192 g/mol. The summed E-state index contributed by atoms with van der Waals surface area (Å²) in [6.45, 7) is 0. The molecule has 0 aliphatic carbocycles. The quantitative estimate of drug-likeness (QED) is 0.399. The van der Waals surface area contributed by atoms with Crippen LogP contribution in [0.1, 0.15) is 11.7 Å². The van der Waals surface area contributed by atoms with E-state index in [0.717, 1.165) is 0 Å². The first-order valence-electron chi connectivity index (χ1n) is 3.30. The fraction of sp³-hybridized carbons (Fsp3) is 0.125. The molecule has 0 bridgehead atoms. The molecule has 0 heterocycles. The van der Waals surface area contributed by atoms with E-state index in [9.17, 15) is 22.4 Å². The average Bonchev–Trinajstić information content (AvgIpc) is 2.13. The fourth-order valence-electron chi connectivity index (χ4n) is 0.827. The first-order valence-corrected chi connectivity index (χ1v) is 3.30. The van der Waals surface area contributed by atoms with E-state index in [1.807, 2.05) is 0 Å². The van der Waals surface area contributed by atoms with E-state index in [1.165, 1.54) is 0 Å². The molecule has 70 valence electrons. The normalized spacial score (nSPS) is 12.6. The highest BCUT2D eigenvalue weighted by Gasteiger charge is 2.19. The van der Waals surface area contributed by atoms with Crippen LogP contribution in [0.5, 0.6) is 0 Å². The summed E-state index contributed by atoms with van der Waals surface area (Å²) in [5.41, 5.74) is -0.797.